The van der Waals surface area contributed by atoms with Crippen LogP contribution < -0.4 is 10.8 Å². The van der Waals surface area contributed by atoms with Gasteiger partial charge in [-0.25, -0.2) is 5.48 Å². The molecule has 0 spiro atoms. The Balaban J connectivity index is 1.96. The van der Waals surface area contributed by atoms with E-state index in [9.17, 15) is 14.1 Å². The Kier molecular flexibility index (Phi) is 7.06. The lowest BCUT2D eigenvalue weighted by Crippen LogP contribution is -2.50. The van der Waals surface area contributed by atoms with Gasteiger partial charge in [0.25, 0.3) is 11.8 Å². The molecule has 0 fully saturated rings. The van der Waals surface area contributed by atoms with Crippen molar-refractivity contribution in [2.45, 2.75) is 18.1 Å². The maximum Gasteiger partial charge on any atom is 0.299 e. The summed E-state index contributed by atoms with van der Waals surface area (Å²) >= 11 is 4.89. The van der Waals surface area contributed by atoms with Crippen LogP contribution in [0.25, 0.3) is 9.75 Å². The second kappa shape index (κ2) is 8.65. The normalized spacial score (nSPS) is 14.6. The Morgan fingerprint density at radius 3 is 2.48 bits per heavy atom. The molecule has 136 valence electrons. The van der Waals surface area contributed by atoms with Gasteiger partial charge in [-0.1, -0.05) is 0 Å². The molecule has 2 aromatic heterocycles. The van der Waals surface area contributed by atoms with E-state index in [0.29, 0.717) is 4.88 Å². The molecule has 0 bridgehead atoms. The lowest BCUT2D eigenvalue weighted by molar-refractivity contribution is -0.131. The highest BCUT2D eigenvalue weighted by Gasteiger charge is 2.42. The fourth-order valence-electron chi connectivity index (χ4n) is 2.05. The molecule has 0 aliphatic rings. The number of rotatable bonds is 7. The molecule has 2 amide bonds. The summed E-state index contributed by atoms with van der Waals surface area (Å²) in [5, 5.41) is 11.5. The van der Waals surface area contributed by atoms with E-state index in [1.807, 2.05) is 18.2 Å². The third-order valence-corrected chi connectivity index (χ3v) is 8.31. The second-order valence-corrected chi connectivity index (χ2v) is 10.8. The van der Waals surface area contributed by atoms with E-state index in [-0.39, 0.29) is 18.9 Å². The molecule has 0 aliphatic heterocycles. The summed E-state index contributed by atoms with van der Waals surface area (Å²) in [7, 11) is 0. The highest BCUT2D eigenvalue weighted by atomic mass is 79.9. The first-order valence-electron chi connectivity index (χ1n) is 7.19. The molecule has 0 saturated heterocycles. The molecule has 0 saturated carbocycles. The van der Waals surface area contributed by atoms with Crippen molar-refractivity contribution in [3.8, 4) is 9.75 Å². The van der Waals surface area contributed by atoms with Gasteiger partial charge in [-0.05, 0) is 58.3 Å². The zero-order valence-electron chi connectivity index (χ0n) is 13.5. The van der Waals surface area contributed by atoms with Gasteiger partial charge in [0.2, 0.25) is 4.75 Å². The monoisotopic (exact) mass is 464 g/mol. The number of carbonyl (C=O) groups excluding carboxylic acids is 2. The smallest absolute Gasteiger partial charge is 0.299 e. The van der Waals surface area contributed by atoms with Crippen LogP contribution in [-0.2, 0) is 16.0 Å². The van der Waals surface area contributed by atoms with Crippen LogP contribution >= 0.6 is 38.6 Å². The lowest BCUT2D eigenvalue weighted by atomic mass is 10.1. The fourth-order valence-corrected chi connectivity index (χ4v) is 5.14. The Morgan fingerprint density at radius 1 is 1.28 bits per heavy atom. The summed E-state index contributed by atoms with van der Waals surface area (Å²) in [4.78, 5) is 26.6. The third kappa shape index (κ3) is 4.83. The van der Waals surface area contributed by atoms with Gasteiger partial charge in [0.1, 0.15) is 0 Å². The molecule has 0 aliphatic carbocycles. The van der Waals surface area contributed by atoms with Crippen LogP contribution in [0.5, 0.6) is 0 Å². The van der Waals surface area contributed by atoms with E-state index in [0.717, 1.165) is 13.5 Å². The van der Waals surface area contributed by atoms with Crippen LogP contribution in [0.1, 0.15) is 23.0 Å². The highest BCUT2D eigenvalue weighted by molar-refractivity contribution is 9.11. The Hall–Kier alpha value is -0.910. The van der Waals surface area contributed by atoms with Crippen molar-refractivity contribution in [1.82, 2.24) is 10.8 Å². The van der Waals surface area contributed by atoms with Gasteiger partial charge < -0.3 is 9.87 Å². The first kappa shape index (κ1) is 20.4. The van der Waals surface area contributed by atoms with Gasteiger partial charge in [0.05, 0.1) is 14.9 Å². The maximum atomic E-state index is 12.3. The fraction of sp³-hybridized carbons (Fsp3) is 0.333. The average molecular weight is 465 g/mol. The van der Waals surface area contributed by atoms with Crippen molar-refractivity contribution in [3.63, 3.8) is 0 Å². The molecule has 2 rings (SSSR count). The summed E-state index contributed by atoms with van der Waals surface area (Å²) in [6.07, 6.45) is 1.53. The summed E-state index contributed by atoms with van der Waals surface area (Å²) in [6, 6.07) is 7.58. The predicted octanol–water partition coefficient (Wildman–Crippen LogP) is 3.00. The Bertz CT molecular complexity index is 762. The quantitative estimate of drug-likeness (QED) is 0.332. The zero-order chi connectivity index (χ0) is 18.6. The molecule has 6 nitrogen and oxygen atoms in total. The highest BCUT2D eigenvalue weighted by Crippen LogP contribution is 2.35. The van der Waals surface area contributed by atoms with Crippen LogP contribution in [0.3, 0.4) is 0 Å². The topological polar surface area (TPSA) is 101 Å². The van der Waals surface area contributed by atoms with Crippen LogP contribution in [0, 0.1) is 0 Å². The average Bonchev–Trinajstić information content (AvgIpc) is 3.22. The van der Waals surface area contributed by atoms with E-state index in [4.69, 9.17) is 5.21 Å². The molecule has 2 unspecified atom stereocenters. The molecule has 2 heterocycles. The standard InChI is InChI=1S/C15H17BrN2O4S3/c1-15(25(2)22,14(20)18-21)7-8-17-13(19)11-4-3-9(23-11)10-5-6-12(16)24-10/h3-6,21H,7-8H2,1-2H3,(H,17,19)(H,18,20). The van der Waals surface area contributed by atoms with Gasteiger partial charge in [0, 0.05) is 22.7 Å². The first-order valence-corrected chi connectivity index (χ1v) is 11.2. The van der Waals surface area contributed by atoms with Crippen molar-refractivity contribution in [3.05, 3.63) is 32.9 Å². The lowest BCUT2D eigenvalue weighted by Gasteiger charge is -2.27. The van der Waals surface area contributed by atoms with Gasteiger partial charge in [0.15, 0.2) is 0 Å². The molecule has 0 radical (unpaired) electrons. The van der Waals surface area contributed by atoms with E-state index < -0.39 is 21.8 Å². The van der Waals surface area contributed by atoms with Crippen LogP contribution in [0.4, 0.5) is 0 Å². The zero-order valence-corrected chi connectivity index (χ0v) is 17.5. The van der Waals surface area contributed by atoms with Crippen LogP contribution in [0.15, 0.2) is 28.1 Å². The molecular weight excluding hydrogens is 448 g/mol. The summed E-state index contributed by atoms with van der Waals surface area (Å²) in [5.74, 6) is -0.982. The van der Waals surface area contributed by atoms with Crippen molar-refractivity contribution < 1.29 is 19.3 Å². The summed E-state index contributed by atoms with van der Waals surface area (Å²) < 4.78 is 11.6. The minimum absolute atomic E-state index is 0.143. The number of halogens is 1. The van der Waals surface area contributed by atoms with E-state index in [1.54, 1.807) is 17.4 Å². The third-order valence-electron chi connectivity index (χ3n) is 3.75. The van der Waals surface area contributed by atoms with Gasteiger partial charge in [-0.2, -0.15) is 0 Å². The van der Waals surface area contributed by atoms with Crippen molar-refractivity contribution in [1.29, 1.82) is 0 Å². The summed E-state index contributed by atoms with van der Waals surface area (Å²) in [5.41, 5.74) is 1.53. The minimum Gasteiger partial charge on any atom is -0.616 e. The van der Waals surface area contributed by atoms with E-state index in [2.05, 4.69) is 21.2 Å². The largest absolute Gasteiger partial charge is 0.616 e. The van der Waals surface area contributed by atoms with Gasteiger partial charge >= 0.3 is 0 Å². The molecule has 10 heteroatoms. The first-order chi connectivity index (χ1) is 11.8. The van der Waals surface area contributed by atoms with Gasteiger partial charge in [-0.3, -0.25) is 14.8 Å². The van der Waals surface area contributed by atoms with E-state index >= 15 is 0 Å². The number of hydroxylamine groups is 1. The summed E-state index contributed by atoms with van der Waals surface area (Å²) in [6.45, 7) is 1.65. The number of hydrogen-bond donors (Lipinski definition) is 3. The van der Waals surface area contributed by atoms with Crippen molar-refractivity contribution >= 4 is 61.6 Å². The minimum atomic E-state index is -1.50. The number of hydrogen-bond acceptors (Lipinski definition) is 6. The second-order valence-electron chi connectivity index (χ2n) is 5.40. The molecule has 25 heavy (non-hydrogen) atoms. The number of nitrogens with one attached hydrogen (secondary N) is 2. The van der Waals surface area contributed by atoms with Crippen molar-refractivity contribution in [2.75, 3.05) is 12.8 Å². The number of thiophene rings is 2. The molecule has 2 aromatic rings. The molecule has 0 aromatic carbocycles. The molecule has 3 N–H and O–H groups in total. The molecular formula is C15H17BrN2O4S3. The number of carbonyl (C=O) groups is 2. The van der Waals surface area contributed by atoms with Crippen molar-refractivity contribution in [2.24, 2.45) is 0 Å². The van der Waals surface area contributed by atoms with Gasteiger partial charge in [-0.15, -0.1) is 22.7 Å². The SMILES string of the molecule is C[S+]([O-])C(C)(CCNC(=O)c1ccc(-c2ccc(Br)s2)s1)C(=O)NO. The molecule has 2 atom stereocenters. The predicted molar refractivity (Wildman–Crippen MR) is 105 cm³/mol. The van der Waals surface area contributed by atoms with Crippen LogP contribution in [-0.4, -0.2) is 39.1 Å². The van der Waals surface area contributed by atoms with E-state index in [1.165, 1.54) is 30.0 Å². The maximum absolute atomic E-state index is 12.3. The number of amides is 2. The Morgan fingerprint density at radius 2 is 1.92 bits per heavy atom. The van der Waals surface area contributed by atoms with Crippen LogP contribution in [0.2, 0.25) is 0 Å². The Labute approximate surface area is 164 Å².